The Labute approximate surface area is 76.0 Å². The summed E-state index contributed by atoms with van der Waals surface area (Å²) in [4.78, 5) is 17.8. The highest BCUT2D eigenvalue weighted by Gasteiger charge is 2.06. The minimum atomic E-state index is 0.0859. The minimum Gasteiger partial charge on any atom is -0.341 e. The number of thiazole rings is 1. The predicted molar refractivity (Wildman–Crippen MR) is 49.0 cm³/mol. The molecule has 0 aliphatic carbocycles. The van der Waals surface area contributed by atoms with Crippen LogP contribution in [0.2, 0.25) is 0 Å². The van der Waals surface area contributed by atoms with Gasteiger partial charge < -0.3 is 4.90 Å². The maximum Gasteiger partial charge on any atom is 0.219 e. The smallest absolute Gasteiger partial charge is 0.219 e. The lowest BCUT2D eigenvalue weighted by molar-refractivity contribution is -0.128. The van der Waals surface area contributed by atoms with Crippen LogP contribution in [0.1, 0.15) is 17.5 Å². The van der Waals surface area contributed by atoms with Gasteiger partial charge in [-0.1, -0.05) is 0 Å². The Hall–Kier alpha value is -0.900. The lowest BCUT2D eigenvalue weighted by Crippen LogP contribution is -2.22. The summed E-state index contributed by atoms with van der Waals surface area (Å²) in [6.45, 7) is 4.20. The first-order valence-corrected chi connectivity index (χ1v) is 4.60. The lowest BCUT2D eigenvalue weighted by atomic mass is 10.4. The largest absolute Gasteiger partial charge is 0.341 e. The second kappa shape index (κ2) is 3.67. The summed E-state index contributed by atoms with van der Waals surface area (Å²) < 4.78 is 0. The van der Waals surface area contributed by atoms with Crippen LogP contribution >= 0.6 is 11.3 Å². The van der Waals surface area contributed by atoms with Crippen LogP contribution < -0.4 is 0 Å². The highest BCUT2D eigenvalue weighted by Crippen LogP contribution is 2.13. The third kappa shape index (κ3) is 2.04. The van der Waals surface area contributed by atoms with Crippen molar-refractivity contribution >= 4 is 17.2 Å². The molecule has 0 aliphatic rings. The zero-order valence-electron chi connectivity index (χ0n) is 7.50. The summed E-state index contributed by atoms with van der Waals surface area (Å²) in [5.74, 6) is 0.0859. The van der Waals surface area contributed by atoms with Gasteiger partial charge in [-0.05, 0) is 6.92 Å². The van der Waals surface area contributed by atoms with E-state index >= 15 is 0 Å². The fourth-order valence-electron chi connectivity index (χ4n) is 0.805. The second-order valence-corrected chi connectivity index (χ2v) is 3.68. The van der Waals surface area contributed by atoms with Crippen molar-refractivity contribution in [2.45, 2.75) is 20.4 Å². The summed E-state index contributed by atoms with van der Waals surface area (Å²) >= 11 is 1.59. The Bertz CT molecular complexity index is 282. The quantitative estimate of drug-likeness (QED) is 0.696. The number of nitrogens with zero attached hydrogens (tertiary/aromatic N) is 2. The predicted octanol–water partition coefficient (Wildman–Crippen LogP) is 1.43. The van der Waals surface area contributed by atoms with Crippen LogP contribution in [0.5, 0.6) is 0 Å². The molecule has 0 N–H and O–H groups in total. The highest BCUT2D eigenvalue weighted by molar-refractivity contribution is 7.09. The highest BCUT2D eigenvalue weighted by atomic mass is 32.1. The summed E-state index contributed by atoms with van der Waals surface area (Å²) in [5.41, 5.74) is 2.83. The van der Waals surface area contributed by atoms with Crippen molar-refractivity contribution in [1.29, 1.82) is 0 Å². The molecule has 0 saturated carbocycles. The van der Waals surface area contributed by atoms with E-state index in [1.165, 1.54) is 0 Å². The van der Waals surface area contributed by atoms with Gasteiger partial charge in [0.1, 0.15) is 0 Å². The van der Waals surface area contributed by atoms with Crippen molar-refractivity contribution in [2.75, 3.05) is 7.05 Å². The van der Waals surface area contributed by atoms with Crippen molar-refractivity contribution in [2.24, 2.45) is 0 Å². The molecule has 1 aromatic rings. The molecule has 0 fully saturated rings. The molecular formula is C8H12N2OS. The first kappa shape index (κ1) is 9.19. The molecule has 1 heterocycles. The zero-order valence-corrected chi connectivity index (χ0v) is 8.31. The number of hydrogen-bond acceptors (Lipinski definition) is 3. The molecule has 0 atom stereocenters. The number of amides is 1. The molecule has 0 saturated heterocycles. The standard InChI is InChI=1S/C8H12N2OS/c1-6-8(12-5-9-6)4-10(3)7(2)11/h5H,4H2,1-3H3. The van der Waals surface area contributed by atoms with Gasteiger partial charge in [-0.3, -0.25) is 4.79 Å². The SMILES string of the molecule is CC(=O)N(C)Cc1scnc1C. The average Bonchev–Trinajstić information content (AvgIpc) is 2.36. The van der Waals surface area contributed by atoms with Crippen LogP contribution in [0.4, 0.5) is 0 Å². The van der Waals surface area contributed by atoms with Gasteiger partial charge in [-0.25, -0.2) is 4.98 Å². The van der Waals surface area contributed by atoms with Crippen LogP contribution in [0.15, 0.2) is 5.51 Å². The third-order valence-electron chi connectivity index (χ3n) is 1.76. The van der Waals surface area contributed by atoms with Gasteiger partial charge in [0.15, 0.2) is 0 Å². The summed E-state index contributed by atoms with van der Waals surface area (Å²) in [5, 5.41) is 0. The van der Waals surface area contributed by atoms with Crippen molar-refractivity contribution < 1.29 is 4.79 Å². The molecule has 0 bridgehead atoms. The maximum absolute atomic E-state index is 10.9. The summed E-state index contributed by atoms with van der Waals surface area (Å²) in [6, 6.07) is 0. The van der Waals surface area contributed by atoms with Gasteiger partial charge in [0.25, 0.3) is 0 Å². The zero-order chi connectivity index (χ0) is 9.14. The van der Waals surface area contributed by atoms with Crippen molar-refractivity contribution in [3.05, 3.63) is 16.1 Å². The molecule has 1 aromatic heterocycles. The molecule has 12 heavy (non-hydrogen) atoms. The van der Waals surface area contributed by atoms with Gasteiger partial charge in [-0.2, -0.15) is 0 Å². The number of carbonyl (C=O) groups excluding carboxylic acids is 1. The Morgan fingerprint density at radius 2 is 2.42 bits per heavy atom. The van der Waals surface area contributed by atoms with E-state index in [0.29, 0.717) is 6.54 Å². The van der Waals surface area contributed by atoms with E-state index in [4.69, 9.17) is 0 Å². The topological polar surface area (TPSA) is 33.2 Å². The lowest BCUT2D eigenvalue weighted by Gasteiger charge is -2.13. The van der Waals surface area contributed by atoms with E-state index in [9.17, 15) is 4.79 Å². The first-order valence-electron chi connectivity index (χ1n) is 3.72. The van der Waals surface area contributed by atoms with Gasteiger partial charge in [-0.15, -0.1) is 11.3 Å². The van der Waals surface area contributed by atoms with Gasteiger partial charge >= 0.3 is 0 Å². The fourth-order valence-corrected chi connectivity index (χ4v) is 1.63. The molecule has 0 spiro atoms. The molecule has 0 unspecified atom stereocenters. The van der Waals surface area contributed by atoms with Gasteiger partial charge in [0, 0.05) is 18.8 Å². The van der Waals surface area contributed by atoms with Crippen LogP contribution in [-0.2, 0) is 11.3 Å². The average molecular weight is 184 g/mol. The molecule has 4 heteroatoms. The second-order valence-electron chi connectivity index (χ2n) is 2.74. The molecular weight excluding hydrogens is 172 g/mol. The molecule has 1 rings (SSSR count). The van der Waals surface area contributed by atoms with Crippen LogP contribution in [0, 0.1) is 6.92 Å². The van der Waals surface area contributed by atoms with Crippen LogP contribution in [0.25, 0.3) is 0 Å². The normalized spacial score (nSPS) is 9.92. The van der Waals surface area contributed by atoms with Crippen LogP contribution in [0.3, 0.4) is 0 Å². The Morgan fingerprint density at radius 1 is 1.75 bits per heavy atom. The Morgan fingerprint density at radius 3 is 2.83 bits per heavy atom. The van der Waals surface area contributed by atoms with E-state index in [1.807, 2.05) is 6.92 Å². The number of hydrogen-bond donors (Lipinski definition) is 0. The number of carbonyl (C=O) groups is 1. The molecule has 0 radical (unpaired) electrons. The monoisotopic (exact) mass is 184 g/mol. The van der Waals surface area contributed by atoms with E-state index in [1.54, 1.807) is 35.7 Å². The maximum atomic E-state index is 10.9. The van der Waals surface area contributed by atoms with Crippen molar-refractivity contribution in [3.63, 3.8) is 0 Å². The summed E-state index contributed by atoms with van der Waals surface area (Å²) in [7, 11) is 1.79. The van der Waals surface area contributed by atoms with Gasteiger partial charge in [0.2, 0.25) is 5.91 Å². The number of aromatic nitrogens is 1. The molecule has 3 nitrogen and oxygen atoms in total. The Kier molecular flexibility index (Phi) is 2.81. The van der Waals surface area contributed by atoms with Crippen molar-refractivity contribution in [1.82, 2.24) is 9.88 Å². The Balaban J connectivity index is 2.64. The number of aryl methyl sites for hydroxylation is 1. The van der Waals surface area contributed by atoms with E-state index in [0.717, 1.165) is 10.6 Å². The van der Waals surface area contributed by atoms with Crippen molar-refractivity contribution in [3.8, 4) is 0 Å². The molecule has 0 aromatic carbocycles. The summed E-state index contributed by atoms with van der Waals surface area (Å²) in [6.07, 6.45) is 0. The van der Waals surface area contributed by atoms with E-state index in [-0.39, 0.29) is 5.91 Å². The minimum absolute atomic E-state index is 0.0859. The van der Waals surface area contributed by atoms with E-state index in [2.05, 4.69) is 4.98 Å². The van der Waals surface area contributed by atoms with E-state index < -0.39 is 0 Å². The van der Waals surface area contributed by atoms with Crippen LogP contribution in [-0.4, -0.2) is 22.8 Å². The fraction of sp³-hybridized carbons (Fsp3) is 0.500. The molecule has 0 aliphatic heterocycles. The number of rotatable bonds is 2. The molecule has 1 amide bonds. The third-order valence-corrected chi connectivity index (χ3v) is 2.68. The van der Waals surface area contributed by atoms with Gasteiger partial charge in [0.05, 0.1) is 17.7 Å². The first-order chi connectivity index (χ1) is 5.61. The molecule has 66 valence electrons.